The maximum atomic E-state index is 13.1. The Morgan fingerprint density at radius 1 is 1.20 bits per heavy atom. The fourth-order valence-corrected chi connectivity index (χ4v) is 3.24. The first-order valence-electron chi connectivity index (χ1n) is 7.71. The third-order valence-corrected chi connectivity index (χ3v) is 4.58. The quantitative estimate of drug-likeness (QED) is 0.672. The maximum absolute atomic E-state index is 13.1. The zero-order valence-corrected chi connectivity index (χ0v) is 14.9. The van der Waals surface area contributed by atoms with Crippen molar-refractivity contribution in [1.29, 1.82) is 0 Å². The van der Waals surface area contributed by atoms with Crippen LogP contribution >= 0.6 is 11.5 Å². The Morgan fingerprint density at radius 2 is 1.96 bits per heavy atom. The first-order chi connectivity index (χ1) is 12.0. The Bertz CT molecular complexity index is 924. The minimum Gasteiger partial charge on any atom is -0.467 e. The van der Waals surface area contributed by atoms with Gasteiger partial charge in [-0.2, -0.15) is 0 Å². The number of benzene rings is 2. The fourth-order valence-electron chi connectivity index (χ4n) is 2.81. The van der Waals surface area contributed by atoms with Crippen molar-refractivity contribution in [2.24, 2.45) is 0 Å². The van der Waals surface area contributed by atoms with Gasteiger partial charge in [-0.3, -0.25) is 9.69 Å². The lowest BCUT2D eigenvalue weighted by molar-refractivity contribution is -0.141. The Labute approximate surface area is 149 Å². The molecule has 0 bridgehead atoms. The standard InChI is InChI=1S/C18H17N3O3S/c1-11-8-9-13-6-4-5-7-14(13)16(11)21(12(2)18(23)24-3)17(22)15-10-25-20-19-15/h4-10,12H,1-3H3/t12-/m0/s1. The van der Waals surface area contributed by atoms with Crippen molar-refractivity contribution in [2.45, 2.75) is 19.9 Å². The fraction of sp³-hybridized carbons (Fsp3) is 0.222. The number of anilines is 1. The molecule has 0 radical (unpaired) electrons. The minimum absolute atomic E-state index is 0.202. The summed E-state index contributed by atoms with van der Waals surface area (Å²) in [7, 11) is 1.31. The highest BCUT2D eigenvalue weighted by atomic mass is 32.1. The molecule has 0 unspecified atom stereocenters. The van der Waals surface area contributed by atoms with Crippen LogP contribution in [0.15, 0.2) is 41.8 Å². The molecular formula is C18H17N3O3S. The van der Waals surface area contributed by atoms with E-state index in [9.17, 15) is 9.59 Å². The number of carbonyl (C=O) groups is 2. The van der Waals surface area contributed by atoms with E-state index in [2.05, 4.69) is 9.59 Å². The lowest BCUT2D eigenvalue weighted by Crippen LogP contribution is -2.44. The van der Waals surface area contributed by atoms with Crippen LogP contribution in [-0.4, -0.2) is 34.6 Å². The summed E-state index contributed by atoms with van der Waals surface area (Å²) >= 11 is 1.09. The molecule has 0 N–H and O–H groups in total. The predicted octanol–water partition coefficient (Wildman–Crippen LogP) is 3.21. The molecule has 0 saturated heterocycles. The van der Waals surface area contributed by atoms with Gasteiger partial charge in [-0.15, -0.1) is 5.10 Å². The summed E-state index contributed by atoms with van der Waals surface area (Å²) in [5.74, 6) is -0.880. The van der Waals surface area contributed by atoms with Gasteiger partial charge in [0, 0.05) is 10.8 Å². The van der Waals surface area contributed by atoms with Gasteiger partial charge >= 0.3 is 5.97 Å². The normalized spacial score (nSPS) is 12.0. The van der Waals surface area contributed by atoms with E-state index in [0.717, 1.165) is 27.9 Å². The number of nitrogens with zero attached hydrogens (tertiary/aromatic N) is 3. The van der Waals surface area contributed by atoms with Crippen LogP contribution in [0.5, 0.6) is 0 Å². The van der Waals surface area contributed by atoms with E-state index in [4.69, 9.17) is 4.74 Å². The van der Waals surface area contributed by atoms with Gasteiger partial charge in [0.25, 0.3) is 5.91 Å². The van der Waals surface area contributed by atoms with Crippen molar-refractivity contribution >= 4 is 39.9 Å². The molecule has 0 aliphatic rings. The number of ether oxygens (including phenoxy) is 1. The molecule has 0 saturated carbocycles. The van der Waals surface area contributed by atoms with Gasteiger partial charge in [0.15, 0.2) is 5.69 Å². The van der Waals surface area contributed by atoms with Crippen molar-refractivity contribution in [1.82, 2.24) is 9.59 Å². The van der Waals surface area contributed by atoms with E-state index in [1.54, 1.807) is 12.3 Å². The number of fused-ring (bicyclic) bond motifs is 1. The number of carbonyl (C=O) groups excluding carboxylic acids is 2. The minimum atomic E-state index is -0.802. The molecule has 0 aliphatic heterocycles. The van der Waals surface area contributed by atoms with Crippen molar-refractivity contribution in [3.63, 3.8) is 0 Å². The molecule has 128 valence electrons. The summed E-state index contributed by atoms with van der Waals surface area (Å²) in [6, 6.07) is 10.9. The molecule has 3 rings (SSSR count). The topological polar surface area (TPSA) is 72.4 Å². The monoisotopic (exact) mass is 355 g/mol. The van der Waals surface area contributed by atoms with E-state index in [1.807, 2.05) is 43.3 Å². The highest BCUT2D eigenvalue weighted by molar-refractivity contribution is 7.03. The molecule has 1 amide bonds. The molecule has 3 aromatic rings. The lowest BCUT2D eigenvalue weighted by Gasteiger charge is -2.29. The molecule has 2 aromatic carbocycles. The van der Waals surface area contributed by atoms with E-state index < -0.39 is 12.0 Å². The first-order valence-corrected chi connectivity index (χ1v) is 8.55. The number of rotatable bonds is 4. The third-order valence-electron chi connectivity index (χ3n) is 4.07. The highest BCUT2D eigenvalue weighted by Crippen LogP contribution is 2.33. The van der Waals surface area contributed by atoms with Gasteiger partial charge in [-0.05, 0) is 36.3 Å². The zero-order chi connectivity index (χ0) is 18.0. The van der Waals surface area contributed by atoms with Crippen LogP contribution in [0.3, 0.4) is 0 Å². The van der Waals surface area contributed by atoms with E-state index in [0.29, 0.717) is 5.69 Å². The smallest absolute Gasteiger partial charge is 0.328 e. The zero-order valence-electron chi connectivity index (χ0n) is 14.1. The number of hydrogen-bond donors (Lipinski definition) is 0. The molecule has 7 heteroatoms. The SMILES string of the molecule is COC(=O)[C@H](C)N(C(=O)c1csnn1)c1c(C)ccc2ccccc12. The van der Waals surface area contributed by atoms with Gasteiger partial charge in [0.1, 0.15) is 6.04 Å². The second-order valence-corrected chi connectivity index (χ2v) is 6.23. The Hall–Kier alpha value is -2.80. The van der Waals surface area contributed by atoms with Crippen molar-refractivity contribution in [3.8, 4) is 0 Å². The van der Waals surface area contributed by atoms with Gasteiger partial charge in [0.05, 0.1) is 12.8 Å². The third kappa shape index (κ3) is 3.10. The van der Waals surface area contributed by atoms with Crippen LogP contribution in [0.25, 0.3) is 10.8 Å². The average Bonchev–Trinajstić information content (AvgIpc) is 3.17. The largest absolute Gasteiger partial charge is 0.467 e. The molecule has 0 fully saturated rings. The Balaban J connectivity index is 2.23. The second-order valence-electron chi connectivity index (χ2n) is 5.62. The van der Waals surface area contributed by atoms with Crippen molar-refractivity contribution < 1.29 is 14.3 Å². The van der Waals surface area contributed by atoms with Crippen LogP contribution in [0.2, 0.25) is 0 Å². The van der Waals surface area contributed by atoms with E-state index >= 15 is 0 Å². The summed E-state index contributed by atoms with van der Waals surface area (Å²) < 4.78 is 8.62. The number of amides is 1. The Morgan fingerprint density at radius 3 is 2.64 bits per heavy atom. The van der Waals surface area contributed by atoms with Crippen LogP contribution in [0, 0.1) is 6.92 Å². The summed E-state index contributed by atoms with van der Waals surface area (Å²) in [6.07, 6.45) is 0. The second kappa shape index (κ2) is 6.98. The molecule has 6 nitrogen and oxygen atoms in total. The molecule has 1 aromatic heterocycles. The molecular weight excluding hydrogens is 338 g/mol. The molecule has 0 spiro atoms. The highest BCUT2D eigenvalue weighted by Gasteiger charge is 2.32. The van der Waals surface area contributed by atoms with Crippen LogP contribution < -0.4 is 4.90 Å². The number of aromatic nitrogens is 2. The Kier molecular flexibility index (Phi) is 4.76. The first kappa shape index (κ1) is 17.0. The van der Waals surface area contributed by atoms with Crippen molar-refractivity contribution in [3.05, 3.63) is 53.0 Å². The average molecular weight is 355 g/mol. The number of esters is 1. The van der Waals surface area contributed by atoms with Gasteiger partial charge < -0.3 is 4.74 Å². The van der Waals surface area contributed by atoms with Crippen LogP contribution in [0.1, 0.15) is 23.0 Å². The summed E-state index contributed by atoms with van der Waals surface area (Å²) in [5.41, 5.74) is 1.76. The molecule has 0 aliphatic carbocycles. The van der Waals surface area contributed by atoms with E-state index in [1.165, 1.54) is 12.0 Å². The van der Waals surface area contributed by atoms with Gasteiger partial charge in [0.2, 0.25) is 0 Å². The summed E-state index contributed by atoms with van der Waals surface area (Å²) in [4.78, 5) is 26.7. The van der Waals surface area contributed by atoms with E-state index in [-0.39, 0.29) is 11.6 Å². The molecule has 1 heterocycles. The summed E-state index contributed by atoms with van der Waals surface area (Å²) in [6.45, 7) is 3.55. The maximum Gasteiger partial charge on any atom is 0.328 e. The van der Waals surface area contributed by atoms with Crippen LogP contribution in [0.4, 0.5) is 5.69 Å². The van der Waals surface area contributed by atoms with Crippen LogP contribution in [-0.2, 0) is 9.53 Å². The predicted molar refractivity (Wildman–Crippen MR) is 96.9 cm³/mol. The summed E-state index contributed by atoms with van der Waals surface area (Å²) in [5, 5.41) is 7.30. The lowest BCUT2D eigenvalue weighted by atomic mass is 10.0. The number of hydrogen-bond acceptors (Lipinski definition) is 6. The number of aryl methyl sites for hydroxylation is 1. The number of methoxy groups -OCH3 is 1. The molecule has 1 atom stereocenters. The van der Waals surface area contributed by atoms with Gasteiger partial charge in [-0.1, -0.05) is 40.9 Å². The molecule has 25 heavy (non-hydrogen) atoms. The van der Waals surface area contributed by atoms with Crippen molar-refractivity contribution in [2.75, 3.05) is 12.0 Å². The van der Waals surface area contributed by atoms with Gasteiger partial charge in [-0.25, -0.2) is 4.79 Å².